The van der Waals surface area contributed by atoms with Crippen molar-refractivity contribution < 1.29 is 14.6 Å². The molecule has 0 aromatic carbocycles. The maximum Gasteiger partial charge on any atom is 0.100 e. The van der Waals surface area contributed by atoms with E-state index in [1.165, 1.54) is 0 Å². The molecule has 0 aromatic rings. The van der Waals surface area contributed by atoms with Crippen LogP contribution in [0.3, 0.4) is 0 Å². The van der Waals surface area contributed by atoms with E-state index < -0.39 is 5.60 Å². The Bertz CT molecular complexity index is 135. The summed E-state index contributed by atoms with van der Waals surface area (Å²) < 4.78 is 10.1. The Morgan fingerprint density at radius 2 is 2.46 bits per heavy atom. The molecule has 0 amide bonds. The molecule has 4 nitrogen and oxygen atoms in total. The molecule has 1 rings (SSSR count). The molecule has 13 heavy (non-hydrogen) atoms. The number of aliphatic hydroxyl groups is 1. The predicted octanol–water partition coefficient (Wildman–Crippen LogP) is -0.236. The second-order valence-electron chi connectivity index (χ2n) is 3.55. The molecule has 78 valence electrons. The van der Waals surface area contributed by atoms with E-state index in [2.05, 4.69) is 5.32 Å². The molecule has 1 aliphatic rings. The number of methoxy groups -OCH3 is 1. The van der Waals surface area contributed by atoms with Crippen LogP contribution in [0.1, 0.15) is 12.8 Å². The standard InChI is InChI=1S/C9H19NO3/c1-12-6-4-10-7-9(11)3-2-5-13-8-9/h10-11H,2-8H2,1H3. The van der Waals surface area contributed by atoms with Crippen molar-refractivity contribution in [2.75, 3.05) is 40.0 Å². The fourth-order valence-corrected chi connectivity index (χ4v) is 1.47. The van der Waals surface area contributed by atoms with E-state index in [1.54, 1.807) is 7.11 Å². The summed E-state index contributed by atoms with van der Waals surface area (Å²) >= 11 is 0. The molecule has 1 unspecified atom stereocenters. The number of ether oxygens (including phenoxy) is 2. The summed E-state index contributed by atoms with van der Waals surface area (Å²) in [5, 5.41) is 13.1. The van der Waals surface area contributed by atoms with Crippen LogP contribution in [0.15, 0.2) is 0 Å². The van der Waals surface area contributed by atoms with Gasteiger partial charge in [-0.1, -0.05) is 0 Å². The van der Waals surface area contributed by atoms with Crippen molar-refractivity contribution >= 4 is 0 Å². The van der Waals surface area contributed by atoms with Crippen molar-refractivity contribution in [2.45, 2.75) is 18.4 Å². The van der Waals surface area contributed by atoms with Crippen LogP contribution in [0, 0.1) is 0 Å². The molecular weight excluding hydrogens is 170 g/mol. The maximum absolute atomic E-state index is 9.94. The lowest BCUT2D eigenvalue weighted by atomic mass is 9.97. The molecule has 0 aliphatic carbocycles. The summed E-state index contributed by atoms with van der Waals surface area (Å²) in [5.41, 5.74) is -0.661. The normalized spacial score (nSPS) is 29.1. The van der Waals surface area contributed by atoms with Crippen LogP contribution < -0.4 is 5.32 Å². The van der Waals surface area contributed by atoms with Gasteiger partial charge in [-0.3, -0.25) is 0 Å². The molecule has 0 saturated carbocycles. The summed E-state index contributed by atoms with van der Waals surface area (Å²) in [7, 11) is 1.67. The van der Waals surface area contributed by atoms with Crippen molar-refractivity contribution in [3.05, 3.63) is 0 Å². The topological polar surface area (TPSA) is 50.7 Å². The van der Waals surface area contributed by atoms with Crippen LogP contribution in [-0.4, -0.2) is 50.7 Å². The molecule has 0 radical (unpaired) electrons. The zero-order valence-electron chi connectivity index (χ0n) is 8.21. The molecule has 1 saturated heterocycles. The smallest absolute Gasteiger partial charge is 0.100 e. The molecule has 1 atom stereocenters. The van der Waals surface area contributed by atoms with Gasteiger partial charge in [-0.15, -0.1) is 0 Å². The minimum Gasteiger partial charge on any atom is -0.386 e. The van der Waals surface area contributed by atoms with Gasteiger partial charge in [0.15, 0.2) is 0 Å². The van der Waals surface area contributed by atoms with Gasteiger partial charge in [0.25, 0.3) is 0 Å². The second kappa shape index (κ2) is 5.54. The van der Waals surface area contributed by atoms with Crippen LogP contribution in [0.4, 0.5) is 0 Å². The van der Waals surface area contributed by atoms with Gasteiger partial charge in [0, 0.05) is 26.8 Å². The summed E-state index contributed by atoms with van der Waals surface area (Å²) in [5.74, 6) is 0. The molecule has 2 N–H and O–H groups in total. The Morgan fingerprint density at radius 3 is 3.08 bits per heavy atom. The average Bonchev–Trinajstić information content (AvgIpc) is 2.14. The van der Waals surface area contributed by atoms with Gasteiger partial charge in [-0.2, -0.15) is 0 Å². The molecule has 1 heterocycles. The lowest BCUT2D eigenvalue weighted by Crippen LogP contribution is -2.47. The van der Waals surface area contributed by atoms with Crippen molar-refractivity contribution in [1.82, 2.24) is 5.32 Å². The Kier molecular flexibility index (Phi) is 4.66. The van der Waals surface area contributed by atoms with E-state index in [1.807, 2.05) is 0 Å². The monoisotopic (exact) mass is 189 g/mol. The van der Waals surface area contributed by atoms with Crippen LogP contribution in [0.5, 0.6) is 0 Å². The first-order valence-corrected chi connectivity index (χ1v) is 4.77. The van der Waals surface area contributed by atoms with E-state index in [9.17, 15) is 5.11 Å². The molecule has 0 bridgehead atoms. The van der Waals surface area contributed by atoms with E-state index >= 15 is 0 Å². The van der Waals surface area contributed by atoms with E-state index in [0.29, 0.717) is 19.8 Å². The third-order valence-corrected chi connectivity index (χ3v) is 2.24. The molecule has 0 aromatic heterocycles. The van der Waals surface area contributed by atoms with Crippen molar-refractivity contribution in [1.29, 1.82) is 0 Å². The molecule has 1 fully saturated rings. The van der Waals surface area contributed by atoms with Gasteiger partial charge >= 0.3 is 0 Å². The Hall–Kier alpha value is -0.160. The third kappa shape index (κ3) is 4.04. The van der Waals surface area contributed by atoms with Gasteiger partial charge in [-0.05, 0) is 12.8 Å². The van der Waals surface area contributed by atoms with Crippen molar-refractivity contribution in [3.63, 3.8) is 0 Å². The number of hydrogen-bond acceptors (Lipinski definition) is 4. The lowest BCUT2D eigenvalue weighted by molar-refractivity contribution is -0.0834. The maximum atomic E-state index is 9.94. The van der Waals surface area contributed by atoms with Crippen LogP contribution in [-0.2, 0) is 9.47 Å². The highest BCUT2D eigenvalue weighted by Crippen LogP contribution is 2.17. The van der Waals surface area contributed by atoms with Crippen molar-refractivity contribution in [3.8, 4) is 0 Å². The van der Waals surface area contributed by atoms with Gasteiger partial charge in [0.2, 0.25) is 0 Å². The zero-order valence-corrected chi connectivity index (χ0v) is 8.21. The second-order valence-corrected chi connectivity index (χ2v) is 3.55. The van der Waals surface area contributed by atoms with Crippen LogP contribution in [0.2, 0.25) is 0 Å². The zero-order chi connectivity index (χ0) is 9.57. The highest BCUT2D eigenvalue weighted by molar-refractivity contribution is 4.83. The fraction of sp³-hybridized carbons (Fsp3) is 1.00. The summed E-state index contributed by atoms with van der Waals surface area (Å²) in [6, 6.07) is 0. The molecular formula is C9H19NO3. The summed E-state index contributed by atoms with van der Waals surface area (Å²) in [4.78, 5) is 0. The quantitative estimate of drug-likeness (QED) is 0.586. The SMILES string of the molecule is COCCNCC1(O)CCCOC1. The van der Waals surface area contributed by atoms with Gasteiger partial charge in [-0.25, -0.2) is 0 Å². The Labute approximate surface area is 79.2 Å². The largest absolute Gasteiger partial charge is 0.386 e. The molecule has 0 spiro atoms. The summed E-state index contributed by atoms with van der Waals surface area (Å²) in [6.07, 6.45) is 1.77. The Balaban J connectivity index is 2.10. The first kappa shape index (κ1) is 10.9. The van der Waals surface area contributed by atoms with E-state index in [-0.39, 0.29) is 0 Å². The summed E-state index contributed by atoms with van der Waals surface area (Å²) in [6.45, 7) is 3.28. The molecule has 4 heteroatoms. The van der Waals surface area contributed by atoms with Crippen LogP contribution >= 0.6 is 0 Å². The van der Waals surface area contributed by atoms with Gasteiger partial charge in [0.05, 0.1) is 13.2 Å². The number of nitrogens with one attached hydrogen (secondary N) is 1. The minimum atomic E-state index is -0.661. The highest BCUT2D eigenvalue weighted by Gasteiger charge is 2.29. The van der Waals surface area contributed by atoms with E-state index in [4.69, 9.17) is 9.47 Å². The predicted molar refractivity (Wildman–Crippen MR) is 49.7 cm³/mol. The average molecular weight is 189 g/mol. The first-order valence-electron chi connectivity index (χ1n) is 4.77. The van der Waals surface area contributed by atoms with E-state index in [0.717, 1.165) is 26.0 Å². The molecule has 1 aliphatic heterocycles. The lowest BCUT2D eigenvalue weighted by Gasteiger charge is -2.32. The van der Waals surface area contributed by atoms with Gasteiger partial charge in [0.1, 0.15) is 5.60 Å². The minimum absolute atomic E-state index is 0.451. The third-order valence-electron chi connectivity index (χ3n) is 2.24. The highest BCUT2D eigenvalue weighted by atomic mass is 16.5. The fourth-order valence-electron chi connectivity index (χ4n) is 1.47. The van der Waals surface area contributed by atoms with Crippen LogP contribution in [0.25, 0.3) is 0 Å². The Morgan fingerprint density at radius 1 is 1.62 bits per heavy atom. The first-order chi connectivity index (χ1) is 6.27. The van der Waals surface area contributed by atoms with Gasteiger partial charge < -0.3 is 19.9 Å². The number of hydrogen-bond donors (Lipinski definition) is 2. The number of rotatable bonds is 5. The van der Waals surface area contributed by atoms with Crippen molar-refractivity contribution in [2.24, 2.45) is 0 Å².